The topological polar surface area (TPSA) is 72.9 Å². The molecule has 0 radical (unpaired) electrons. The van der Waals surface area contributed by atoms with Gasteiger partial charge in [-0.3, -0.25) is 9.48 Å². The van der Waals surface area contributed by atoms with E-state index in [0.717, 1.165) is 17.7 Å². The molecule has 0 spiro atoms. The van der Waals surface area contributed by atoms with E-state index in [2.05, 4.69) is 10.4 Å². The molecule has 0 saturated heterocycles. The molecule has 2 unspecified atom stereocenters. The number of hydrogen-bond acceptors (Lipinski definition) is 3. The fraction of sp³-hybridized carbons (Fsp3) is 0.667. The third-order valence-electron chi connectivity index (χ3n) is 3.35. The lowest BCUT2D eigenvalue weighted by Gasteiger charge is -2.17. The first kappa shape index (κ1) is 13.7. The highest BCUT2D eigenvalue weighted by Gasteiger charge is 2.19. The Hall–Kier alpha value is -1.36. The summed E-state index contributed by atoms with van der Waals surface area (Å²) in [5.74, 6) is 0.104. The standard InChI is InChI=1S/C12H22N4O/c1-5-8(2)11(13)12(17)14-6-10-7-15-16(4)9(10)3/h7-8,11H,5-6,13H2,1-4H3,(H,14,17). The van der Waals surface area contributed by atoms with Crippen LogP contribution in [0.3, 0.4) is 0 Å². The average Bonchev–Trinajstić information content (AvgIpc) is 2.65. The smallest absolute Gasteiger partial charge is 0.237 e. The molecule has 1 aromatic rings. The Morgan fingerprint density at radius 2 is 2.29 bits per heavy atom. The maximum absolute atomic E-state index is 11.8. The maximum atomic E-state index is 11.8. The van der Waals surface area contributed by atoms with Crippen LogP contribution in [0.2, 0.25) is 0 Å². The summed E-state index contributed by atoms with van der Waals surface area (Å²) in [5.41, 5.74) is 7.93. The van der Waals surface area contributed by atoms with Crippen molar-refractivity contribution >= 4 is 5.91 Å². The number of aromatic nitrogens is 2. The molecule has 0 fully saturated rings. The minimum atomic E-state index is -0.433. The highest BCUT2D eigenvalue weighted by molar-refractivity contribution is 5.81. The van der Waals surface area contributed by atoms with Crippen molar-refractivity contribution in [3.8, 4) is 0 Å². The van der Waals surface area contributed by atoms with Crippen LogP contribution in [0.1, 0.15) is 31.5 Å². The van der Waals surface area contributed by atoms with Crippen LogP contribution in [0.5, 0.6) is 0 Å². The number of amides is 1. The molecule has 1 amide bonds. The van der Waals surface area contributed by atoms with Crippen molar-refractivity contribution in [3.63, 3.8) is 0 Å². The van der Waals surface area contributed by atoms with E-state index in [1.807, 2.05) is 27.8 Å². The van der Waals surface area contributed by atoms with Crippen LogP contribution in [-0.2, 0) is 18.4 Å². The van der Waals surface area contributed by atoms with Gasteiger partial charge in [0, 0.05) is 24.8 Å². The van der Waals surface area contributed by atoms with Gasteiger partial charge in [-0.15, -0.1) is 0 Å². The monoisotopic (exact) mass is 238 g/mol. The summed E-state index contributed by atoms with van der Waals surface area (Å²) in [5, 5.41) is 6.98. The number of aryl methyl sites for hydroxylation is 1. The van der Waals surface area contributed by atoms with E-state index in [4.69, 9.17) is 5.73 Å². The molecule has 0 aliphatic carbocycles. The Bertz CT molecular complexity index is 386. The normalized spacial score (nSPS) is 14.4. The van der Waals surface area contributed by atoms with Crippen molar-refractivity contribution in [1.29, 1.82) is 0 Å². The lowest BCUT2D eigenvalue weighted by Crippen LogP contribution is -2.44. The van der Waals surface area contributed by atoms with E-state index in [9.17, 15) is 4.79 Å². The number of nitrogens with two attached hydrogens (primary N) is 1. The van der Waals surface area contributed by atoms with E-state index < -0.39 is 6.04 Å². The number of carbonyl (C=O) groups is 1. The second-order valence-electron chi connectivity index (χ2n) is 4.51. The molecule has 0 aliphatic heterocycles. The molecule has 0 aromatic carbocycles. The van der Waals surface area contributed by atoms with E-state index in [-0.39, 0.29) is 11.8 Å². The van der Waals surface area contributed by atoms with Crippen LogP contribution in [0.25, 0.3) is 0 Å². The lowest BCUT2D eigenvalue weighted by atomic mass is 9.99. The molecule has 1 rings (SSSR count). The van der Waals surface area contributed by atoms with Crippen molar-refractivity contribution in [2.45, 2.75) is 39.8 Å². The van der Waals surface area contributed by atoms with Crippen molar-refractivity contribution in [3.05, 3.63) is 17.5 Å². The first-order valence-corrected chi connectivity index (χ1v) is 5.98. The van der Waals surface area contributed by atoms with Gasteiger partial charge in [-0.25, -0.2) is 0 Å². The lowest BCUT2D eigenvalue weighted by molar-refractivity contribution is -0.123. The van der Waals surface area contributed by atoms with E-state index in [1.165, 1.54) is 0 Å². The quantitative estimate of drug-likeness (QED) is 0.794. The first-order valence-electron chi connectivity index (χ1n) is 5.98. The van der Waals surface area contributed by atoms with Crippen LogP contribution >= 0.6 is 0 Å². The van der Waals surface area contributed by atoms with Crippen LogP contribution in [0.4, 0.5) is 0 Å². The zero-order chi connectivity index (χ0) is 13.0. The summed E-state index contributed by atoms with van der Waals surface area (Å²) in [6.07, 6.45) is 2.67. The Morgan fingerprint density at radius 1 is 1.65 bits per heavy atom. The molecule has 5 heteroatoms. The Labute approximate surface area is 102 Å². The van der Waals surface area contributed by atoms with Crippen molar-refractivity contribution in [1.82, 2.24) is 15.1 Å². The fourth-order valence-corrected chi connectivity index (χ4v) is 1.53. The molecule has 3 N–H and O–H groups in total. The number of rotatable bonds is 5. The molecule has 96 valence electrons. The minimum Gasteiger partial charge on any atom is -0.351 e. The van der Waals surface area contributed by atoms with Gasteiger partial charge in [-0.05, 0) is 12.8 Å². The number of nitrogens with one attached hydrogen (secondary N) is 1. The summed E-state index contributed by atoms with van der Waals surface area (Å²) < 4.78 is 1.79. The van der Waals surface area contributed by atoms with Gasteiger partial charge in [0.15, 0.2) is 0 Å². The molecule has 17 heavy (non-hydrogen) atoms. The second-order valence-corrected chi connectivity index (χ2v) is 4.51. The molecule has 5 nitrogen and oxygen atoms in total. The Morgan fingerprint density at radius 3 is 2.76 bits per heavy atom. The molecule has 1 heterocycles. The summed E-state index contributed by atoms with van der Waals surface area (Å²) >= 11 is 0. The number of nitrogens with zero attached hydrogens (tertiary/aromatic N) is 2. The first-order chi connectivity index (χ1) is 7.97. The van der Waals surface area contributed by atoms with Gasteiger partial charge in [-0.1, -0.05) is 20.3 Å². The molecule has 0 aliphatic rings. The number of carbonyl (C=O) groups excluding carboxylic acids is 1. The van der Waals surface area contributed by atoms with Gasteiger partial charge < -0.3 is 11.1 Å². The van der Waals surface area contributed by atoms with Crippen LogP contribution in [0, 0.1) is 12.8 Å². The van der Waals surface area contributed by atoms with Crippen molar-refractivity contribution in [2.24, 2.45) is 18.7 Å². The van der Waals surface area contributed by atoms with E-state index >= 15 is 0 Å². The van der Waals surface area contributed by atoms with E-state index in [1.54, 1.807) is 10.9 Å². The van der Waals surface area contributed by atoms with Crippen LogP contribution in [0.15, 0.2) is 6.20 Å². The van der Waals surface area contributed by atoms with Gasteiger partial charge in [0.1, 0.15) is 0 Å². The molecular formula is C12H22N4O. The Kier molecular flexibility index (Phi) is 4.69. The van der Waals surface area contributed by atoms with Gasteiger partial charge in [0.05, 0.1) is 12.2 Å². The highest BCUT2D eigenvalue weighted by atomic mass is 16.2. The predicted octanol–water partition coefficient (Wildman–Crippen LogP) is 0.718. The van der Waals surface area contributed by atoms with E-state index in [0.29, 0.717) is 6.54 Å². The largest absolute Gasteiger partial charge is 0.351 e. The summed E-state index contributed by atoms with van der Waals surface area (Å²) in [4.78, 5) is 11.8. The van der Waals surface area contributed by atoms with Crippen LogP contribution < -0.4 is 11.1 Å². The van der Waals surface area contributed by atoms with Gasteiger partial charge in [-0.2, -0.15) is 5.10 Å². The van der Waals surface area contributed by atoms with Crippen molar-refractivity contribution in [2.75, 3.05) is 0 Å². The third kappa shape index (κ3) is 3.30. The number of hydrogen-bond donors (Lipinski definition) is 2. The van der Waals surface area contributed by atoms with Gasteiger partial charge in [0.2, 0.25) is 5.91 Å². The molecule has 0 saturated carbocycles. The minimum absolute atomic E-state index is 0.0948. The zero-order valence-electron chi connectivity index (χ0n) is 11.0. The fourth-order valence-electron chi connectivity index (χ4n) is 1.53. The molecular weight excluding hydrogens is 216 g/mol. The molecule has 1 aromatic heterocycles. The van der Waals surface area contributed by atoms with Gasteiger partial charge >= 0.3 is 0 Å². The molecule has 2 atom stereocenters. The zero-order valence-corrected chi connectivity index (χ0v) is 11.0. The summed E-state index contributed by atoms with van der Waals surface area (Å²) in [7, 11) is 1.88. The van der Waals surface area contributed by atoms with Crippen molar-refractivity contribution < 1.29 is 4.79 Å². The maximum Gasteiger partial charge on any atom is 0.237 e. The van der Waals surface area contributed by atoms with Crippen LogP contribution in [-0.4, -0.2) is 21.7 Å². The summed E-state index contributed by atoms with van der Waals surface area (Å²) in [6.45, 7) is 6.48. The Balaban J connectivity index is 2.51. The SMILES string of the molecule is CCC(C)C(N)C(=O)NCc1cnn(C)c1C. The predicted molar refractivity (Wildman–Crippen MR) is 67.2 cm³/mol. The highest BCUT2D eigenvalue weighted by Crippen LogP contribution is 2.07. The summed E-state index contributed by atoms with van der Waals surface area (Å²) in [6, 6.07) is -0.433. The third-order valence-corrected chi connectivity index (χ3v) is 3.35. The van der Waals surface area contributed by atoms with Gasteiger partial charge in [0.25, 0.3) is 0 Å². The average molecular weight is 238 g/mol. The molecule has 0 bridgehead atoms. The second kappa shape index (κ2) is 5.82.